The predicted molar refractivity (Wildman–Crippen MR) is 72.2 cm³/mol. The summed E-state index contributed by atoms with van der Waals surface area (Å²) in [5.74, 6) is 0.386. The second kappa shape index (κ2) is 7.76. The van der Waals surface area contributed by atoms with E-state index in [9.17, 15) is 9.90 Å². The van der Waals surface area contributed by atoms with Crippen LogP contribution >= 0.6 is 0 Å². The predicted octanol–water partition coefficient (Wildman–Crippen LogP) is 0.886. The molecule has 0 aliphatic rings. The van der Waals surface area contributed by atoms with Gasteiger partial charge in [0.05, 0.1) is 12.7 Å². The number of aliphatic hydroxyl groups excluding tert-OH is 1. The highest BCUT2D eigenvalue weighted by molar-refractivity contribution is 5.80. The van der Waals surface area contributed by atoms with E-state index in [0.29, 0.717) is 5.75 Å². The summed E-state index contributed by atoms with van der Waals surface area (Å²) >= 11 is 0. The summed E-state index contributed by atoms with van der Waals surface area (Å²) in [6.45, 7) is 3.96. The number of aliphatic hydroxyl groups is 1. The normalized spacial score (nSPS) is 13.7. The van der Waals surface area contributed by atoms with Gasteiger partial charge in [-0.3, -0.25) is 4.79 Å². The third-order valence-corrected chi connectivity index (χ3v) is 2.54. The minimum atomic E-state index is -0.708. The van der Waals surface area contributed by atoms with Crippen LogP contribution in [0.5, 0.6) is 5.75 Å². The maximum atomic E-state index is 11.8. The first-order valence-corrected chi connectivity index (χ1v) is 6.21. The van der Waals surface area contributed by atoms with E-state index in [1.807, 2.05) is 25.1 Å². The fourth-order valence-electron chi connectivity index (χ4n) is 1.56. The van der Waals surface area contributed by atoms with E-state index in [0.717, 1.165) is 5.56 Å². The van der Waals surface area contributed by atoms with Gasteiger partial charge in [0.25, 0.3) is 5.91 Å². The van der Waals surface area contributed by atoms with Gasteiger partial charge in [0.15, 0.2) is 6.10 Å². The fourth-order valence-corrected chi connectivity index (χ4v) is 1.56. The summed E-state index contributed by atoms with van der Waals surface area (Å²) in [5.41, 5.74) is 1.07. The molecule has 1 aromatic carbocycles. The van der Waals surface area contributed by atoms with Gasteiger partial charge in [-0.1, -0.05) is 12.1 Å². The van der Waals surface area contributed by atoms with Crippen LogP contribution in [-0.2, 0) is 9.53 Å². The number of rotatable bonds is 7. The topological polar surface area (TPSA) is 67.8 Å². The van der Waals surface area contributed by atoms with E-state index in [4.69, 9.17) is 9.47 Å². The number of nitrogens with one attached hydrogen (secondary N) is 1. The molecule has 0 heterocycles. The zero-order valence-electron chi connectivity index (χ0n) is 11.6. The van der Waals surface area contributed by atoms with E-state index >= 15 is 0 Å². The van der Waals surface area contributed by atoms with Crippen LogP contribution in [0.3, 0.4) is 0 Å². The Kier molecular flexibility index (Phi) is 6.32. The van der Waals surface area contributed by atoms with E-state index in [1.54, 1.807) is 13.0 Å². The Morgan fingerprint density at radius 2 is 2.21 bits per heavy atom. The number of carbonyl (C=O) groups excluding carboxylic acids is 1. The van der Waals surface area contributed by atoms with Crippen molar-refractivity contribution in [1.29, 1.82) is 0 Å². The Morgan fingerprint density at radius 3 is 2.84 bits per heavy atom. The van der Waals surface area contributed by atoms with Crippen LogP contribution in [0, 0.1) is 6.92 Å². The second-order valence-electron chi connectivity index (χ2n) is 4.43. The highest BCUT2D eigenvalue weighted by Gasteiger charge is 2.15. The fraction of sp³-hybridized carbons (Fsp3) is 0.500. The highest BCUT2D eigenvalue weighted by atomic mass is 16.5. The molecule has 19 heavy (non-hydrogen) atoms. The molecule has 1 rings (SSSR count). The SMILES string of the molecule is COCC(O)CNC(=O)C(C)Oc1cccc(C)c1. The molecular formula is C14H21NO4. The molecule has 1 amide bonds. The number of hydrogen-bond donors (Lipinski definition) is 2. The van der Waals surface area contributed by atoms with Crippen molar-refractivity contribution in [3.05, 3.63) is 29.8 Å². The molecule has 2 atom stereocenters. The summed E-state index contributed by atoms with van der Waals surface area (Å²) in [6, 6.07) is 7.50. The lowest BCUT2D eigenvalue weighted by Gasteiger charge is -2.16. The lowest BCUT2D eigenvalue weighted by molar-refractivity contribution is -0.127. The third-order valence-electron chi connectivity index (χ3n) is 2.54. The average Bonchev–Trinajstić information content (AvgIpc) is 2.36. The number of ether oxygens (including phenoxy) is 2. The van der Waals surface area contributed by atoms with Crippen LogP contribution < -0.4 is 10.1 Å². The molecule has 106 valence electrons. The van der Waals surface area contributed by atoms with Crippen molar-refractivity contribution < 1.29 is 19.4 Å². The largest absolute Gasteiger partial charge is 0.481 e. The summed E-state index contributed by atoms with van der Waals surface area (Å²) in [5, 5.41) is 12.0. The highest BCUT2D eigenvalue weighted by Crippen LogP contribution is 2.14. The number of hydrogen-bond acceptors (Lipinski definition) is 4. The number of amides is 1. The molecule has 0 aliphatic carbocycles. The summed E-state index contributed by atoms with van der Waals surface area (Å²) in [4.78, 5) is 11.8. The van der Waals surface area contributed by atoms with Gasteiger partial charge in [-0.05, 0) is 31.5 Å². The van der Waals surface area contributed by atoms with Crippen molar-refractivity contribution in [3.8, 4) is 5.75 Å². The van der Waals surface area contributed by atoms with Gasteiger partial charge in [0, 0.05) is 13.7 Å². The van der Waals surface area contributed by atoms with Gasteiger partial charge in [-0.25, -0.2) is 0 Å². The Hall–Kier alpha value is -1.59. The van der Waals surface area contributed by atoms with Crippen molar-refractivity contribution in [2.45, 2.75) is 26.1 Å². The number of aryl methyl sites for hydroxylation is 1. The first-order chi connectivity index (χ1) is 9.02. The van der Waals surface area contributed by atoms with Crippen LogP contribution in [0.25, 0.3) is 0 Å². The molecule has 0 fully saturated rings. The lowest BCUT2D eigenvalue weighted by atomic mass is 10.2. The molecule has 0 aliphatic heterocycles. The summed E-state index contributed by atoms with van der Waals surface area (Å²) < 4.78 is 10.3. The van der Waals surface area contributed by atoms with E-state index in [1.165, 1.54) is 7.11 Å². The molecule has 1 aromatic rings. The molecule has 0 aromatic heterocycles. The second-order valence-corrected chi connectivity index (χ2v) is 4.43. The van der Waals surface area contributed by atoms with Gasteiger partial charge in [0.1, 0.15) is 5.75 Å². The molecule has 0 saturated heterocycles. The lowest BCUT2D eigenvalue weighted by Crippen LogP contribution is -2.41. The Labute approximate surface area is 113 Å². The molecular weight excluding hydrogens is 246 g/mol. The Bertz CT molecular complexity index is 408. The zero-order valence-corrected chi connectivity index (χ0v) is 11.6. The van der Waals surface area contributed by atoms with Crippen LogP contribution in [0.4, 0.5) is 0 Å². The molecule has 2 N–H and O–H groups in total. The minimum absolute atomic E-state index is 0.147. The summed E-state index contributed by atoms with van der Waals surface area (Å²) in [6.07, 6.45) is -1.32. The molecule has 5 nitrogen and oxygen atoms in total. The Balaban J connectivity index is 2.40. The van der Waals surface area contributed by atoms with Crippen LogP contribution in [0.1, 0.15) is 12.5 Å². The maximum Gasteiger partial charge on any atom is 0.260 e. The van der Waals surface area contributed by atoms with Gasteiger partial charge in [0.2, 0.25) is 0 Å². The minimum Gasteiger partial charge on any atom is -0.481 e. The molecule has 5 heteroatoms. The third kappa shape index (κ3) is 5.72. The van der Waals surface area contributed by atoms with Crippen molar-refractivity contribution in [3.63, 3.8) is 0 Å². The van der Waals surface area contributed by atoms with E-state index in [2.05, 4.69) is 5.32 Å². The zero-order chi connectivity index (χ0) is 14.3. The van der Waals surface area contributed by atoms with Crippen molar-refractivity contribution in [2.24, 2.45) is 0 Å². The molecule has 0 saturated carbocycles. The quantitative estimate of drug-likeness (QED) is 0.770. The van der Waals surface area contributed by atoms with Crippen molar-refractivity contribution >= 4 is 5.91 Å². The van der Waals surface area contributed by atoms with Gasteiger partial charge in [-0.2, -0.15) is 0 Å². The number of carbonyl (C=O) groups is 1. The average molecular weight is 267 g/mol. The van der Waals surface area contributed by atoms with Gasteiger partial charge >= 0.3 is 0 Å². The van der Waals surface area contributed by atoms with Crippen molar-refractivity contribution in [1.82, 2.24) is 5.32 Å². The Morgan fingerprint density at radius 1 is 1.47 bits per heavy atom. The van der Waals surface area contributed by atoms with Crippen LogP contribution in [-0.4, -0.2) is 43.5 Å². The molecule has 0 bridgehead atoms. The van der Waals surface area contributed by atoms with Gasteiger partial charge < -0.3 is 19.9 Å². The van der Waals surface area contributed by atoms with Crippen molar-refractivity contribution in [2.75, 3.05) is 20.3 Å². The smallest absolute Gasteiger partial charge is 0.260 e. The summed E-state index contributed by atoms with van der Waals surface area (Å²) in [7, 11) is 1.49. The maximum absolute atomic E-state index is 11.8. The van der Waals surface area contributed by atoms with Gasteiger partial charge in [-0.15, -0.1) is 0 Å². The molecule has 0 spiro atoms. The first-order valence-electron chi connectivity index (χ1n) is 6.21. The van der Waals surface area contributed by atoms with Crippen LogP contribution in [0.15, 0.2) is 24.3 Å². The molecule has 2 unspecified atom stereocenters. The van der Waals surface area contributed by atoms with E-state index in [-0.39, 0.29) is 19.1 Å². The standard InChI is InChI=1S/C14H21NO4/c1-10-5-4-6-13(7-10)19-11(2)14(17)15-8-12(16)9-18-3/h4-7,11-12,16H,8-9H2,1-3H3,(H,15,17). The molecule has 0 radical (unpaired) electrons. The van der Waals surface area contributed by atoms with Crippen LogP contribution in [0.2, 0.25) is 0 Å². The monoisotopic (exact) mass is 267 g/mol. The number of methoxy groups -OCH3 is 1. The number of benzene rings is 1. The first kappa shape index (κ1) is 15.5. The van der Waals surface area contributed by atoms with E-state index < -0.39 is 12.2 Å².